The lowest BCUT2D eigenvalue weighted by Crippen LogP contribution is -2.24. The summed E-state index contributed by atoms with van der Waals surface area (Å²) in [5, 5.41) is 4.27. The van der Waals surface area contributed by atoms with Gasteiger partial charge in [0, 0.05) is 37.6 Å². The Bertz CT molecular complexity index is 646. The van der Waals surface area contributed by atoms with E-state index in [4.69, 9.17) is 0 Å². The van der Waals surface area contributed by atoms with Crippen LogP contribution in [0.3, 0.4) is 0 Å². The third-order valence-corrected chi connectivity index (χ3v) is 5.28. The summed E-state index contributed by atoms with van der Waals surface area (Å²) in [6.45, 7) is 7.22. The van der Waals surface area contributed by atoms with Gasteiger partial charge in [0.1, 0.15) is 0 Å². The molecule has 3 heteroatoms. The van der Waals surface area contributed by atoms with Crippen molar-refractivity contribution in [3.8, 4) is 11.1 Å². The minimum absolute atomic E-state index is 0.851. The second kappa shape index (κ2) is 4.62. The molecule has 2 aliphatic rings. The largest absolute Gasteiger partial charge is 0.371 e. The van der Waals surface area contributed by atoms with E-state index >= 15 is 0 Å². The lowest BCUT2D eigenvalue weighted by molar-refractivity contribution is 0.480. The third kappa shape index (κ3) is 2.15. The van der Waals surface area contributed by atoms with Crippen LogP contribution in [0.4, 0.5) is 5.69 Å². The number of fused-ring (bicyclic) bond motifs is 1. The van der Waals surface area contributed by atoms with E-state index in [2.05, 4.69) is 54.3 Å². The number of piperidine rings is 1. The minimum Gasteiger partial charge on any atom is -0.371 e. The maximum Gasteiger partial charge on any atom is 0.0568 e. The summed E-state index contributed by atoms with van der Waals surface area (Å²) in [6, 6.07) is 8.90. The van der Waals surface area contributed by atoms with Gasteiger partial charge in [0.25, 0.3) is 0 Å². The molecule has 1 aliphatic heterocycles. The first-order chi connectivity index (χ1) is 10.1. The van der Waals surface area contributed by atoms with Gasteiger partial charge in [-0.05, 0) is 41.4 Å². The average Bonchev–Trinajstić information content (AvgIpc) is 2.83. The highest BCUT2D eigenvalue weighted by Crippen LogP contribution is 2.56. The highest BCUT2D eigenvalue weighted by Gasteiger charge is 2.56. The average molecular weight is 281 g/mol. The van der Waals surface area contributed by atoms with Crippen molar-refractivity contribution >= 4 is 5.69 Å². The molecule has 1 aliphatic carbocycles. The number of nitrogens with zero attached hydrogens (tertiary/aromatic N) is 3. The van der Waals surface area contributed by atoms with E-state index in [1.807, 2.05) is 17.9 Å². The summed E-state index contributed by atoms with van der Waals surface area (Å²) < 4.78 is 1.86. The van der Waals surface area contributed by atoms with Gasteiger partial charge in [0.05, 0.1) is 6.20 Å². The van der Waals surface area contributed by atoms with E-state index in [-0.39, 0.29) is 0 Å². The number of aromatic nitrogens is 2. The molecule has 1 saturated heterocycles. The van der Waals surface area contributed by atoms with Crippen LogP contribution in [0.1, 0.15) is 13.8 Å². The van der Waals surface area contributed by atoms with Gasteiger partial charge in [-0.25, -0.2) is 0 Å². The molecular formula is C18H23N3. The van der Waals surface area contributed by atoms with Gasteiger partial charge in [0.15, 0.2) is 0 Å². The summed E-state index contributed by atoms with van der Waals surface area (Å²) in [4.78, 5) is 2.56. The second-order valence-electron chi connectivity index (χ2n) is 7.01. The van der Waals surface area contributed by atoms with Gasteiger partial charge >= 0.3 is 0 Å². The Kier molecular flexibility index (Phi) is 2.84. The first-order valence-electron chi connectivity index (χ1n) is 7.97. The van der Waals surface area contributed by atoms with Crippen molar-refractivity contribution in [2.24, 2.45) is 30.7 Å². The molecule has 3 nitrogen and oxygen atoms in total. The molecule has 2 aromatic rings. The van der Waals surface area contributed by atoms with Gasteiger partial charge in [-0.3, -0.25) is 4.68 Å². The SMILES string of the molecule is CC(C)C1C2CN(c3cccc(-c4cnn(C)c4)c3)CC21. The van der Waals surface area contributed by atoms with Gasteiger partial charge < -0.3 is 4.90 Å². The number of benzene rings is 1. The van der Waals surface area contributed by atoms with Crippen LogP contribution in [-0.2, 0) is 7.05 Å². The fraction of sp³-hybridized carbons (Fsp3) is 0.500. The zero-order valence-corrected chi connectivity index (χ0v) is 13.0. The highest BCUT2D eigenvalue weighted by molar-refractivity contribution is 5.67. The summed E-state index contributed by atoms with van der Waals surface area (Å²) in [5.74, 6) is 3.70. The Hall–Kier alpha value is -1.77. The van der Waals surface area contributed by atoms with Crippen LogP contribution in [-0.4, -0.2) is 22.9 Å². The molecule has 2 unspecified atom stereocenters. The summed E-state index contributed by atoms with van der Waals surface area (Å²) in [6.07, 6.45) is 4.02. The monoisotopic (exact) mass is 281 g/mol. The predicted octanol–water partition coefficient (Wildman–Crippen LogP) is 3.43. The van der Waals surface area contributed by atoms with Crippen molar-refractivity contribution in [1.29, 1.82) is 0 Å². The summed E-state index contributed by atoms with van der Waals surface area (Å²) in [5.41, 5.74) is 3.83. The predicted molar refractivity (Wildman–Crippen MR) is 86.2 cm³/mol. The molecule has 21 heavy (non-hydrogen) atoms. The number of anilines is 1. The van der Waals surface area contributed by atoms with Gasteiger partial charge in [0.2, 0.25) is 0 Å². The van der Waals surface area contributed by atoms with Crippen molar-refractivity contribution < 1.29 is 0 Å². The minimum atomic E-state index is 0.851. The number of aryl methyl sites for hydroxylation is 1. The van der Waals surface area contributed by atoms with Gasteiger partial charge in [-0.1, -0.05) is 26.0 Å². The number of rotatable bonds is 3. The normalized spacial score (nSPS) is 27.2. The molecule has 1 aromatic carbocycles. The van der Waals surface area contributed by atoms with E-state index in [9.17, 15) is 0 Å². The lowest BCUT2D eigenvalue weighted by atomic mass is 10.0. The van der Waals surface area contributed by atoms with Crippen LogP contribution in [0.25, 0.3) is 11.1 Å². The topological polar surface area (TPSA) is 21.1 Å². The lowest BCUT2D eigenvalue weighted by Gasteiger charge is -2.23. The van der Waals surface area contributed by atoms with Crippen LogP contribution < -0.4 is 4.90 Å². The second-order valence-corrected chi connectivity index (χ2v) is 7.01. The standard InChI is InChI=1S/C18H23N3/c1-12(2)18-16-10-21(11-17(16)18)15-6-4-5-13(7-15)14-8-19-20(3)9-14/h4-9,12,16-18H,10-11H2,1-3H3. The Morgan fingerprint density at radius 2 is 1.90 bits per heavy atom. The number of hydrogen-bond donors (Lipinski definition) is 0. The van der Waals surface area contributed by atoms with E-state index in [0.717, 1.165) is 23.7 Å². The molecule has 110 valence electrons. The molecule has 4 rings (SSSR count). The van der Waals surface area contributed by atoms with E-state index in [1.165, 1.54) is 29.9 Å². The Labute approximate surface area is 126 Å². The van der Waals surface area contributed by atoms with E-state index in [1.54, 1.807) is 0 Å². The summed E-state index contributed by atoms with van der Waals surface area (Å²) in [7, 11) is 1.97. The van der Waals surface area contributed by atoms with Crippen molar-refractivity contribution in [2.75, 3.05) is 18.0 Å². The maximum atomic E-state index is 4.27. The van der Waals surface area contributed by atoms with Crippen LogP contribution in [0.2, 0.25) is 0 Å². The molecular weight excluding hydrogens is 258 g/mol. The van der Waals surface area contributed by atoms with Gasteiger partial charge in [-0.2, -0.15) is 5.10 Å². The van der Waals surface area contributed by atoms with Crippen molar-refractivity contribution in [2.45, 2.75) is 13.8 Å². The van der Waals surface area contributed by atoms with E-state index < -0.39 is 0 Å². The third-order valence-electron chi connectivity index (χ3n) is 5.28. The first kappa shape index (κ1) is 12.9. The fourth-order valence-corrected chi connectivity index (χ4v) is 4.22. The molecule has 0 spiro atoms. The maximum absolute atomic E-state index is 4.27. The molecule has 2 fully saturated rings. The van der Waals surface area contributed by atoms with Crippen molar-refractivity contribution in [3.05, 3.63) is 36.7 Å². The molecule has 2 heterocycles. The Morgan fingerprint density at radius 1 is 1.14 bits per heavy atom. The first-order valence-corrected chi connectivity index (χ1v) is 7.97. The van der Waals surface area contributed by atoms with Crippen molar-refractivity contribution in [1.82, 2.24) is 9.78 Å². The van der Waals surface area contributed by atoms with Crippen LogP contribution in [0.5, 0.6) is 0 Å². The molecule has 0 bridgehead atoms. The highest BCUT2D eigenvalue weighted by atomic mass is 15.2. The molecule has 2 atom stereocenters. The quantitative estimate of drug-likeness (QED) is 0.859. The molecule has 0 N–H and O–H groups in total. The zero-order chi connectivity index (χ0) is 14.6. The molecule has 0 radical (unpaired) electrons. The van der Waals surface area contributed by atoms with E-state index in [0.29, 0.717) is 0 Å². The van der Waals surface area contributed by atoms with Crippen LogP contribution in [0.15, 0.2) is 36.7 Å². The molecule has 1 saturated carbocycles. The van der Waals surface area contributed by atoms with Crippen molar-refractivity contribution in [3.63, 3.8) is 0 Å². The molecule has 0 amide bonds. The zero-order valence-electron chi connectivity index (χ0n) is 13.0. The number of hydrogen-bond acceptors (Lipinski definition) is 2. The summed E-state index contributed by atoms with van der Waals surface area (Å²) >= 11 is 0. The van der Waals surface area contributed by atoms with Crippen LogP contribution >= 0.6 is 0 Å². The smallest absolute Gasteiger partial charge is 0.0568 e. The Morgan fingerprint density at radius 3 is 2.52 bits per heavy atom. The van der Waals surface area contributed by atoms with Crippen LogP contribution in [0, 0.1) is 23.7 Å². The Balaban J connectivity index is 1.53. The molecule has 1 aromatic heterocycles. The van der Waals surface area contributed by atoms with Gasteiger partial charge in [-0.15, -0.1) is 0 Å². The fourth-order valence-electron chi connectivity index (χ4n) is 4.22.